The number of carbonyl (C=O) groups is 1. The second-order valence-electron chi connectivity index (χ2n) is 6.69. The van der Waals surface area contributed by atoms with E-state index in [1.165, 1.54) is 43.9 Å². The molecule has 0 spiro atoms. The third-order valence-corrected chi connectivity index (χ3v) is 5.76. The van der Waals surface area contributed by atoms with E-state index >= 15 is 0 Å². The molecule has 1 N–H and O–H groups in total. The average Bonchev–Trinajstić information content (AvgIpc) is 3.11. The number of benzene rings is 1. The summed E-state index contributed by atoms with van der Waals surface area (Å²) in [6, 6.07) is 6.61. The van der Waals surface area contributed by atoms with E-state index in [4.69, 9.17) is 4.98 Å². The summed E-state index contributed by atoms with van der Waals surface area (Å²) in [6.07, 6.45) is 8.01. The summed E-state index contributed by atoms with van der Waals surface area (Å²) in [5.41, 5.74) is 1.83. The van der Waals surface area contributed by atoms with Crippen LogP contribution >= 0.6 is 11.3 Å². The molecule has 1 aliphatic rings. The van der Waals surface area contributed by atoms with Crippen LogP contribution in [0.5, 0.6) is 0 Å². The lowest BCUT2D eigenvalue weighted by Gasteiger charge is -2.19. The van der Waals surface area contributed by atoms with Gasteiger partial charge in [0, 0.05) is 30.7 Å². The van der Waals surface area contributed by atoms with Crippen LogP contribution in [0.15, 0.2) is 29.6 Å². The molecule has 1 aromatic heterocycles. The van der Waals surface area contributed by atoms with Crippen molar-refractivity contribution >= 4 is 17.2 Å². The summed E-state index contributed by atoms with van der Waals surface area (Å²) in [5, 5.41) is 6.19. The maximum absolute atomic E-state index is 13.5. The Labute approximate surface area is 152 Å². The van der Waals surface area contributed by atoms with Crippen molar-refractivity contribution < 1.29 is 9.18 Å². The first-order valence-corrected chi connectivity index (χ1v) is 10.0. The maximum atomic E-state index is 13.5. The highest BCUT2D eigenvalue weighted by Crippen LogP contribution is 2.33. The predicted molar refractivity (Wildman–Crippen MR) is 99.4 cm³/mol. The Balaban J connectivity index is 1.38. The number of thiazole rings is 1. The Morgan fingerprint density at radius 3 is 2.80 bits per heavy atom. The van der Waals surface area contributed by atoms with Crippen LogP contribution in [0.4, 0.5) is 4.39 Å². The summed E-state index contributed by atoms with van der Waals surface area (Å²) in [4.78, 5) is 16.7. The first-order chi connectivity index (χ1) is 12.2. The zero-order valence-corrected chi connectivity index (χ0v) is 15.3. The summed E-state index contributed by atoms with van der Waals surface area (Å²) in [7, 11) is 0. The van der Waals surface area contributed by atoms with E-state index < -0.39 is 0 Å². The molecule has 1 fully saturated rings. The molecule has 1 heterocycles. The highest BCUT2D eigenvalue weighted by Gasteiger charge is 2.18. The smallest absolute Gasteiger partial charge is 0.220 e. The Bertz CT molecular complexity index is 695. The van der Waals surface area contributed by atoms with Crippen LogP contribution in [0.25, 0.3) is 0 Å². The zero-order chi connectivity index (χ0) is 17.5. The van der Waals surface area contributed by atoms with Gasteiger partial charge in [0.2, 0.25) is 5.91 Å². The number of aryl methyl sites for hydroxylation is 1. The molecule has 0 atom stereocenters. The van der Waals surface area contributed by atoms with E-state index in [1.54, 1.807) is 29.5 Å². The van der Waals surface area contributed by atoms with Gasteiger partial charge in [-0.25, -0.2) is 9.37 Å². The molecule has 1 amide bonds. The third kappa shape index (κ3) is 5.36. The topological polar surface area (TPSA) is 42.0 Å². The first kappa shape index (κ1) is 18.1. The average molecular weight is 360 g/mol. The van der Waals surface area contributed by atoms with Gasteiger partial charge in [0.25, 0.3) is 0 Å². The van der Waals surface area contributed by atoms with Crippen molar-refractivity contribution in [3.63, 3.8) is 0 Å². The number of carbonyl (C=O) groups excluding carboxylic acids is 1. The second-order valence-corrected chi connectivity index (χ2v) is 7.64. The lowest BCUT2D eigenvalue weighted by Crippen LogP contribution is -2.26. The minimum atomic E-state index is -0.242. The highest BCUT2D eigenvalue weighted by atomic mass is 32.1. The molecule has 134 valence electrons. The fourth-order valence-corrected chi connectivity index (χ4v) is 4.25. The van der Waals surface area contributed by atoms with Crippen molar-refractivity contribution in [2.45, 2.75) is 57.3 Å². The van der Waals surface area contributed by atoms with Gasteiger partial charge in [-0.2, -0.15) is 0 Å². The number of aromatic nitrogens is 1. The zero-order valence-electron chi connectivity index (χ0n) is 14.5. The molecule has 1 aliphatic carbocycles. The number of nitrogens with zero attached hydrogens (tertiary/aromatic N) is 1. The second kappa shape index (κ2) is 9.09. The Hall–Kier alpha value is -1.75. The van der Waals surface area contributed by atoms with Crippen molar-refractivity contribution in [2.24, 2.45) is 0 Å². The summed E-state index contributed by atoms with van der Waals surface area (Å²) in [6.45, 7) is 0.591. The fourth-order valence-electron chi connectivity index (χ4n) is 3.37. The lowest BCUT2D eigenvalue weighted by molar-refractivity contribution is -0.121. The molecule has 2 aromatic rings. The van der Waals surface area contributed by atoms with Crippen molar-refractivity contribution in [3.05, 3.63) is 51.7 Å². The minimum Gasteiger partial charge on any atom is -0.356 e. The van der Waals surface area contributed by atoms with Gasteiger partial charge in [-0.1, -0.05) is 37.5 Å². The SMILES string of the molecule is O=C(CCc1ccccc1F)NCCc1nc(C2CCCCC2)cs1. The van der Waals surface area contributed by atoms with Crippen molar-refractivity contribution in [3.8, 4) is 0 Å². The van der Waals surface area contributed by atoms with Crippen LogP contribution in [0.3, 0.4) is 0 Å². The molecule has 0 bridgehead atoms. The van der Waals surface area contributed by atoms with Gasteiger partial charge in [0.1, 0.15) is 5.82 Å². The molecular weight excluding hydrogens is 335 g/mol. The molecule has 5 heteroatoms. The molecular formula is C20H25FN2OS. The van der Waals surface area contributed by atoms with Crippen molar-refractivity contribution in [1.29, 1.82) is 0 Å². The Kier molecular flexibility index (Phi) is 6.56. The van der Waals surface area contributed by atoms with Crippen LogP contribution < -0.4 is 5.32 Å². The highest BCUT2D eigenvalue weighted by molar-refractivity contribution is 7.09. The molecule has 1 saturated carbocycles. The molecule has 25 heavy (non-hydrogen) atoms. The molecule has 0 unspecified atom stereocenters. The van der Waals surface area contributed by atoms with Crippen LogP contribution in [-0.2, 0) is 17.6 Å². The molecule has 3 nitrogen and oxygen atoms in total. The summed E-state index contributed by atoms with van der Waals surface area (Å²) < 4.78 is 13.5. The predicted octanol–water partition coefficient (Wildman–Crippen LogP) is 4.62. The Morgan fingerprint density at radius 1 is 1.20 bits per heavy atom. The third-order valence-electron chi connectivity index (χ3n) is 4.83. The largest absolute Gasteiger partial charge is 0.356 e. The van der Waals surface area contributed by atoms with E-state index in [2.05, 4.69) is 10.7 Å². The standard InChI is InChI=1S/C20H25FN2OS/c21-17-9-5-4-6-15(17)10-11-19(24)22-13-12-20-23-18(14-25-20)16-7-2-1-3-8-16/h4-6,9,14,16H,1-3,7-8,10-13H2,(H,22,24). The van der Waals surface area contributed by atoms with Crippen molar-refractivity contribution in [1.82, 2.24) is 10.3 Å². The normalized spacial score (nSPS) is 15.2. The molecule has 3 rings (SSSR count). The van der Waals surface area contributed by atoms with E-state index in [1.807, 2.05) is 0 Å². The van der Waals surface area contributed by atoms with E-state index in [0.717, 1.165) is 11.4 Å². The Morgan fingerprint density at radius 2 is 2.00 bits per heavy atom. The number of amides is 1. The van der Waals surface area contributed by atoms with Crippen LogP contribution in [0.1, 0.15) is 60.7 Å². The van der Waals surface area contributed by atoms with Gasteiger partial charge < -0.3 is 5.32 Å². The van der Waals surface area contributed by atoms with E-state index in [0.29, 0.717) is 30.9 Å². The minimum absolute atomic E-state index is 0.0349. The monoisotopic (exact) mass is 360 g/mol. The molecule has 0 radical (unpaired) electrons. The first-order valence-electron chi connectivity index (χ1n) is 9.17. The van der Waals surface area contributed by atoms with Crippen molar-refractivity contribution in [2.75, 3.05) is 6.54 Å². The van der Waals surface area contributed by atoms with Gasteiger partial charge in [-0.05, 0) is 30.9 Å². The number of halogens is 1. The fraction of sp³-hybridized carbons (Fsp3) is 0.500. The van der Waals surface area contributed by atoms with Gasteiger partial charge in [0.15, 0.2) is 0 Å². The molecule has 0 aliphatic heterocycles. The number of nitrogens with one attached hydrogen (secondary N) is 1. The van der Waals surface area contributed by atoms with Gasteiger partial charge in [0.05, 0.1) is 10.7 Å². The quantitative estimate of drug-likeness (QED) is 0.783. The summed E-state index contributed by atoms with van der Waals surface area (Å²) in [5.74, 6) is 0.356. The van der Waals surface area contributed by atoms with E-state index in [9.17, 15) is 9.18 Å². The number of hydrogen-bond acceptors (Lipinski definition) is 3. The van der Waals surface area contributed by atoms with Gasteiger partial charge in [-0.3, -0.25) is 4.79 Å². The van der Waals surface area contributed by atoms with E-state index in [-0.39, 0.29) is 11.7 Å². The van der Waals surface area contributed by atoms with Gasteiger partial charge in [-0.15, -0.1) is 11.3 Å². The number of rotatable bonds is 7. The molecule has 0 saturated heterocycles. The lowest BCUT2D eigenvalue weighted by atomic mass is 9.87. The molecule has 1 aromatic carbocycles. The van der Waals surface area contributed by atoms with Crippen LogP contribution in [0, 0.1) is 5.82 Å². The van der Waals surface area contributed by atoms with Crippen LogP contribution in [-0.4, -0.2) is 17.4 Å². The number of hydrogen-bond donors (Lipinski definition) is 1. The summed E-state index contributed by atoms with van der Waals surface area (Å²) >= 11 is 1.70. The van der Waals surface area contributed by atoms with Gasteiger partial charge >= 0.3 is 0 Å². The maximum Gasteiger partial charge on any atom is 0.220 e. The van der Waals surface area contributed by atoms with Crippen LogP contribution in [0.2, 0.25) is 0 Å².